The van der Waals surface area contributed by atoms with Crippen LogP contribution in [0, 0.1) is 0 Å². The highest BCUT2D eigenvalue weighted by molar-refractivity contribution is 5.92. The van der Waals surface area contributed by atoms with Crippen molar-refractivity contribution in [3.63, 3.8) is 0 Å². The van der Waals surface area contributed by atoms with E-state index in [1.165, 1.54) is 11.1 Å². The summed E-state index contributed by atoms with van der Waals surface area (Å²) in [5.74, 6) is 0.875. The molecule has 0 amide bonds. The van der Waals surface area contributed by atoms with Crippen molar-refractivity contribution in [1.82, 2.24) is 19.1 Å². The zero-order chi connectivity index (χ0) is 22.2. The second-order valence-corrected chi connectivity index (χ2v) is 8.08. The Hall–Kier alpha value is -4.44. The summed E-state index contributed by atoms with van der Waals surface area (Å²) in [6.07, 6.45) is 5.77. The number of hydrogen-bond acceptors (Lipinski definition) is 2. The van der Waals surface area contributed by atoms with E-state index in [1.807, 2.05) is 30.3 Å². The van der Waals surface area contributed by atoms with Crippen LogP contribution in [0.4, 0.5) is 0 Å². The van der Waals surface area contributed by atoms with Gasteiger partial charge in [0, 0.05) is 36.1 Å². The summed E-state index contributed by atoms with van der Waals surface area (Å²) >= 11 is 0. The predicted molar refractivity (Wildman–Crippen MR) is 134 cm³/mol. The van der Waals surface area contributed by atoms with E-state index in [2.05, 4.69) is 107 Å². The van der Waals surface area contributed by atoms with E-state index in [0.717, 1.165) is 39.2 Å². The summed E-state index contributed by atoms with van der Waals surface area (Å²) in [7, 11) is 2.02. The normalized spacial score (nSPS) is 11.2. The molecule has 4 aromatic carbocycles. The van der Waals surface area contributed by atoms with Crippen LogP contribution in [0.5, 0.6) is 0 Å². The lowest BCUT2D eigenvalue weighted by Crippen LogP contribution is -2.02. The molecule has 0 aliphatic carbocycles. The molecule has 6 rings (SSSR count). The topological polar surface area (TPSA) is 35.6 Å². The van der Waals surface area contributed by atoms with Gasteiger partial charge in [-0.2, -0.15) is 0 Å². The first-order chi connectivity index (χ1) is 16.3. The fourth-order valence-corrected chi connectivity index (χ4v) is 4.53. The largest absolute Gasteiger partial charge is 0.334 e. The van der Waals surface area contributed by atoms with Crippen molar-refractivity contribution < 1.29 is 0 Å². The van der Waals surface area contributed by atoms with Crippen molar-refractivity contribution in [3.05, 3.63) is 116 Å². The molecule has 0 bridgehead atoms. The molecule has 0 aliphatic heterocycles. The Labute approximate surface area is 192 Å². The Morgan fingerprint density at radius 1 is 0.606 bits per heavy atom. The second-order valence-electron chi connectivity index (χ2n) is 8.08. The Bertz CT molecular complexity index is 1500. The van der Waals surface area contributed by atoms with Gasteiger partial charge < -0.3 is 4.57 Å². The Balaban J connectivity index is 1.66. The molecule has 2 aromatic heterocycles. The average molecular weight is 427 g/mol. The number of hydrogen-bond donors (Lipinski definition) is 0. The molecule has 6 aromatic rings. The molecule has 158 valence electrons. The van der Waals surface area contributed by atoms with Gasteiger partial charge in [-0.05, 0) is 23.3 Å². The molecular weight excluding hydrogens is 404 g/mol. The van der Waals surface area contributed by atoms with Crippen molar-refractivity contribution >= 4 is 11.0 Å². The molecule has 4 nitrogen and oxygen atoms in total. The average Bonchev–Trinajstić information content (AvgIpc) is 3.52. The molecule has 0 atom stereocenters. The quantitative estimate of drug-likeness (QED) is 0.312. The third-order valence-electron chi connectivity index (χ3n) is 6.08. The van der Waals surface area contributed by atoms with Gasteiger partial charge in [0.1, 0.15) is 5.82 Å². The summed E-state index contributed by atoms with van der Waals surface area (Å²) in [4.78, 5) is 9.49. The van der Waals surface area contributed by atoms with E-state index in [1.54, 1.807) is 0 Å². The molecule has 2 heterocycles. The van der Waals surface area contributed by atoms with Gasteiger partial charge in [-0.3, -0.25) is 4.57 Å². The molecule has 0 radical (unpaired) electrons. The van der Waals surface area contributed by atoms with Crippen molar-refractivity contribution in [1.29, 1.82) is 0 Å². The Kier molecular flexibility index (Phi) is 4.62. The van der Waals surface area contributed by atoms with Gasteiger partial charge in [0.05, 0.1) is 23.0 Å². The maximum Gasteiger partial charge on any atom is 0.146 e. The van der Waals surface area contributed by atoms with Crippen LogP contribution in [0.25, 0.3) is 50.4 Å². The third kappa shape index (κ3) is 3.24. The number of rotatable bonds is 4. The number of aryl methyl sites for hydroxylation is 1. The highest BCUT2D eigenvalue weighted by Gasteiger charge is 2.19. The van der Waals surface area contributed by atoms with E-state index in [-0.39, 0.29) is 0 Å². The SMILES string of the molecule is Cn1cnc2c(-c3nccn3-c3c(-c4ccccc4)cccc3-c3ccccc3)cccc21. The maximum atomic E-state index is 4.81. The van der Waals surface area contributed by atoms with Crippen molar-refractivity contribution in [2.45, 2.75) is 0 Å². The first kappa shape index (κ1) is 19.3. The van der Waals surface area contributed by atoms with Gasteiger partial charge in [0.15, 0.2) is 0 Å². The van der Waals surface area contributed by atoms with Gasteiger partial charge >= 0.3 is 0 Å². The highest BCUT2D eigenvalue weighted by Crippen LogP contribution is 2.38. The molecule has 0 N–H and O–H groups in total. The molecule has 0 aliphatic rings. The van der Waals surface area contributed by atoms with Crippen LogP contribution in [-0.4, -0.2) is 19.1 Å². The second kappa shape index (κ2) is 7.92. The zero-order valence-electron chi connectivity index (χ0n) is 18.3. The van der Waals surface area contributed by atoms with Gasteiger partial charge in [-0.25, -0.2) is 9.97 Å². The van der Waals surface area contributed by atoms with E-state index in [4.69, 9.17) is 4.98 Å². The monoisotopic (exact) mass is 426 g/mol. The van der Waals surface area contributed by atoms with Gasteiger partial charge in [-0.1, -0.05) is 84.9 Å². The fourth-order valence-electron chi connectivity index (χ4n) is 4.53. The van der Waals surface area contributed by atoms with Crippen LogP contribution in [-0.2, 0) is 7.05 Å². The molecule has 0 spiro atoms. The first-order valence-electron chi connectivity index (χ1n) is 11.0. The van der Waals surface area contributed by atoms with Gasteiger partial charge in [-0.15, -0.1) is 0 Å². The molecule has 0 unspecified atom stereocenters. The molecule has 0 saturated heterocycles. The van der Waals surface area contributed by atoms with Crippen molar-refractivity contribution in [2.75, 3.05) is 0 Å². The molecule has 0 fully saturated rings. The van der Waals surface area contributed by atoms with Crippen LogP contribution in [0.2, 0.25) is 0 Å². The maximum absolute atomic E-state index is 4.81. The first-order valence-corrected chi connectivity index (χ1v) is 11.0. The summed E-state index contributed by atoms with van der Waals surface area (Å²) in [6.45, 7) is 0. The standard InChI is InChI=1S/C29H22N4/c1-32-20-31-27-25(16-9-17-26(27)32)29-30-18-19-33(29)28-23(21-10-4-2-5-11-21)14-8-15-24(28)22-12-6-3-7-13-22/h2-20H,1H3. The van der Waals surface area contributed by atoms with Crippen molar-refractivity contribution in [3.8, 4) is 39.3 Å². The van der Waals surface area contributed by atoms with Crippen molar-refractivity contribution in [2.24, 2.45) is 7.05 Å². The minimum Gasteiger partial charge on any atom is -0.334 e. The molecular formula is C29H22N4. The lowest BCUT2D eigenvalue weighted by Gasteiger charge is -2.19. The summed E-state index contributed by atoms with van der Waals surface area (Å²) in [5.41, 5.74) is 8.80. The minimum atomic E-state index is 0.875. The molecule has 33 heavy (non-hydrogen) atoms. The van der Waals surface area contributed by atoms with Crippen LogP contribution in [0.3, 0.4) is 0 Å². The minimum absolute atomic E-state index is 0.875. The van der Waals surface area contributed by atoms with Gasteiger partial charge in [0.2, 0.25) is 0 Å². The Morgan fingerprint density at radius 3 is 1.88 bits per heavy atom. The van der Waals surface area contributed by atoms with Crippen LogP contribution in [0.1, 0.15) is 0 Å². The van der Waals surface area contributed by atoms with Gasteiger partial charge in [0.25, 0.3) is 0 Å². The smallest absolute Gasteiger partial charge is 0.146 e. The predicted octanol–water partition coefficient (Wildman–Crippen LogP) is 6.76. The van der Waals surface area contributed by atoms with Crippen LogP contribution in [0.15, 0.2) is 116 Å². The van der Waals surface area contributed by atoms with E-state index in [0.29, 0.717) is 0 Å². The lowest BCUT2D eigenvalue weighted by atomic mass is 9.95. The summed E-state index contributed by atoms with van der Waals surface area (Å²) < 4.78 is 4.24. The lowest BCUT2D eigenvalue weighted by molar-refractivity contribution is 0.948. The highest BCUT2D eigenvalue weighted by atomic mass is 15.1. The van der Waals surface area contributed by atoms with E-state index < -0.39 is 0 Å². The molecule has 0 saturated carbocycles. The number of fused-ring (bicyclic) bond motifs is 1. The van der Waals surface area contributed by atoms with E-state index >= 15 is 0 Å². The summed E-state index contributed by atoms with van der Waals surface area (Å²) in [6, 6.07) is 33.8. The third-order valence-corrected chi connectivity index (χ3v) is 6.08. The number of benzene rings is 4. The van der Waals surface area contributed by atoms with Crippen LogP contribution >= 0.6 is 0 Å². The Morgan fingerprint density at radius 2 is 1.21 bits per heavy atom. The fraction of sp³-hybridized carbons (Fsp3) is 0.0345. The van der Waals surface area contributed by atoms with Crippen LogP contribution < -0.4 is 0 Å². The molecule has 4 heteroatoms. The number of aromatic nitrogens is 4. The zero-order valence-corrected chi connectivity index (χ0v) is 18.3. The summed E-state index contributed by atoms with van der Waals surface area (Å²) in [5, 5.41) is 0. The number of imidazole rings is 2. The van der Waals surface area contributed by atoms with E-state index in [9.17, 15) is 0 Å². The number of para-hydroxylation sites is 2. The number of nitrogens with zero attached hydrogens (tertiary/aromatic N) is 4.